The fourth-order valence-electron chi connectivity index (χ4n) is 2.25. The first kappa shape index (κ1) is 17.2. The van der Waals surface area contributed by atoms with Gasteiger partial charge >= 0.3 is 0 Å². The van der Waals surface area contributed by atoms with Crippen molar-refractivity contribution in [2.45, 2.75) is 32.5 Å². The van der Waals surface area contributed by atoms with Crippen LogP contribution in [0.5, 0.6) is 0 Å². The molecule has 1 atom stereocenters. The molecule has 2 aromatic rings. The molecular formula is C17H23N3O3. The van der Waals surface area contributed by atoms with Crippen LogP contribution in [0.2, 0.25) is 0 Å². The van der Waals surface area contributed by atoms with Crippen molar-refractivity contribution in [1.82, 2.24) is 15.4 Å². The number of benzene rings is 1. The van der Waals surface area contributed by atoms with Gasteiger partial charge in [-0.1, -0.05) is 42.4 Å². The number of amides is 1. The van der Waals surface area contributed by atoms with Crippen LogP contribution in [0.1, 0.15) is 35.2 Å². The van der Waals surface area contributed by atoms with Crippen molar-refractivity contribution in [3.05, 3.63) is 53.4 Å². The summed E-state index contributed by atoms with van der Waals surface area (Å²) in [5, 5.41) is 15.6. The van der Waals surface area contributed by atoms with Crippen LogP contribution in [0.15, 0.2) is 40.9 Å². The molecule has 0 aliphatic rings. The zero-order chi connectivity index (χ0) is 16.7. The first-order chi connectivity index (χ1) is 11.1. The molecule has 2 rings (SSSR count). The molecule has 0 saturated carbocycles. The quantitative estimate of drug-likeness (QED) is 0.776. The summed E-state index contributed by atoms with van der Waals surface area (Å²) in [5.41, 5.74) is 1.45. The monoisotopic (exact) mass is 317 g/mol. The standard InChI is InChI=1S/C17H23N3O3/c1-3-14(12-21)18-17(22)16-9-15(23-19-16)11-20(2)10-13-7-5-4-6-8-13/h4-9,14,21H,3,10-12H2,1-2H3,(H,18,22)/t14-/m0/s1. The van der Waals surface area contributed by atoms with Crippen molar-refractivity contribution in [1.29, 1.82) is 0 Å². The first-order valence-corrected chi connectivity index (χ1v) is 7.72. The van der Waals surface area contributed by atoms with Gasteiger partial charge in [0.15, 0.2) is 11.5 Å². The molecule has 0 aliphatic heterocycles. The highest BCUT2D eigenvalue weighted by atomic mass is 16.5. The van der Waals surface area contributed by atoms with Gasteiger partial charge in [0.2, 0.25) is 0 Å². The lowest BCUT2D eigenvalue weighted by atomic mass is 10.2. The molecule has 2 N–H and O–H groups in total. The molecule has 0 saturated heterocycles. The number of aromatic nitrogens is 1. The lowest BCUT2D eigenvalue weighted by molar-refractivity contribution is 0.0905. The second kappa shape index (κ2) is 8.45. The van der Waals surface area contributed by atoms with Crippen molar-refractivity contribution in [3.8, 4) is 0 Å². The number of carbonyl (C=O) groups excluding carboxylic acids is 1. The van der Waals surface area contributed by atoms with E-state index < -0.39 is 0 Å². The summed E-state index contributed by atoms with van der Waals surface area (Å²) < 4.78 is 5.23. The molecule has 0 spiro atoms. The molecule has 0 radical (unpaired) electrons. The van der Waals surface area contributed by atoms with E-state index in [9.17, 15) is 4.79 Å². The molecule has 6 nitrogen and oxygen atoms in total. The molecule has 1 aromatic carbocycles. The smallest absolute Gasteiger partial charge is 0.273 e. The Kier molecular flexibility index (Phi) is 6.31. The highest BCUT2D eigenvalue weighted by Crippen LogP contribution is 2.10. The molecular weight excluding hydrogens is 294 g/mol. The van der Waals surface area contributed by atoms with Crippen molar-refractivity contribution < 1.29 is 14.4 Å². The summed E-state index contributed by atoms with van der Waals surface area (Å²) in [4.78, 5) is 14.1. The number of carbonyl (C=O) groups is 1. The summed E-state index contributed by atoms with van der Waals surface area (Å²) in [6.07, 6.45) is 0.659. The van der Waals surface area contributed by atoms with Crippen LogP contribution in [0.4, 0.5) is 0 Å². The lowest BCUT2D eigenvalue weighted by Crippen LogP contribution is -2.37. The summed E-state index contributed by atoms with van der Waals surface area (Å²) in [6.45, 7) is 3.15. The van der Waals surface area contributed by atoms with E-state index in [4.69, 9.17) is 9.63 Å². The van der Waals surface area contributed by atoms with Gasteiger partial charge < -0.3 is 14.9 Å². The topological polar surface area (TPSA) is 78.6 Å². The van der Waals surface area contributed by atoms with Crippen molar-refractivity contribution in [2.24, 2.45) is 0 Å². The third-order valence-electron chi connectivity index (χ3n) is 3.56. The van der Waals surface area contributed by atoms with Crippen LogP contribution in [0, 0.1) is 0 Å². The maximum absolute atomic E-state index is 12.0. The van der Waals surface area contributed by atoms with Gasteiger partial charge in [0.25, 0.3) is 5.91 Å². The highest BCUT2D eigenvalue weighted by molar-refractivity contribution is 5.92. The molecule has 1 amide bonds. The lowest BCUT2D eigenvalue weighted by Gasteiger charge is -2.14. The number of rotatable bonds is 8. The van der Waals surface area contributed by atoms with E-state index in [0.717, 1.165) is 6.54 Å². The Morgan fingerprint density at radius 3 is 2.74 bits per heavy atom. The predicted molar refractivity (Wildman–Crippen MR) is 86.7 cm³/mol. The number of nitrogens with one attached hydrogen (secondary N) is 1. The van der Waals surface area contributed by atoms with Gasteiger partial charge in [0.05, 0.1) is 19.2 Å². The van der Waals surface area contributed by atoms with Crippen LogP contribution in [0.3, 0.4) is 0 Å². The Hall–Kier alpha value is -2.18. The minimum absolute atomic E-state index is 0.0905. The number of aliphatic hydroxyl groups excluding tert-OH is 1. The maximum Gasteiger partial charge on any atom is 0.273 e. The van der Waals surface area contributed by atoms with Crippen LogP contribution in [0.25, 0.3) is 0 Å². The van der Waals surface area contributed by atoms with Crippen LogP contribution in [-0.4, -0.2) is 40.8 Å². The Bertz CT molecular complexity index is 609. The number of hydrogen-bond donors (Lipinski definition) is 2. The van der Waals surface area contributed by atoms with Crippen molar-refractivity contribution in [3.63, 3.8) is 0 Å². The Balaban J connectivity index is 1.90. The normalized spacial score (nSPS) is 12.3. The summed E-state index contributed by atoms with van der Waals surface area (Å²) in [5.74, 6) is 0.303. The number of nitrogens with zero attached hydrogens (tertiary/aromatic N) is 2. The highest BCUT2D eigenvalue weighted by Gasteiger charge is 2.16. The molecule has 23 heavy (non-hydrogen) atoms. The average molecular weight is 317 g/mol. The van der Waals surface area contributed by atoms with Crippen LogP contribution in [-0.2, 0) is 13.1 Å². The molecule has 1 aromatic heterocycles. The number of aliphatic hydroxyl groups is 1. The SMILES string of the molecule is CC[C@@H](CO)NC(=O)c1cc(CN(C)Cc2ccccc2)on1. The summed E-state index contributed by atoms with van der Waals surface area (Å²) in [6, 6.07) is 11.5. The van der Waals surface area contributed by atoms with Gasteiger partial charge in [-0.3, -0.25) is 9.69 Å². The van der Waals surface area contributed by atoms with Gasteiger partial charge in [-0.15, -0.1) is 0 Å². The molecule has 1 heterocycles. The summed E-state index contributed by atoms with van der Waals surface area (Å²) in [7, 11) is 1.98. The number of hydrogen-bond acceptors (Lipinski definition) is 5. The van der Waals surface area contributed by atoms with Crippen molar-refractivity contribution >= 4 is 5.91 Å². The molecule has 0 unspecified atom stereocenters. The molecule has 0 aliphatic carbocycles. The van der Waals surface area contributed by atoms with E-state index in [1.165, 1.54) is 5.56 Å². The van der Waals surface area contributed by atoms with Crippen LogP contribution < -0.4 is 5.32 Å². The van der Waals surface area contributed by atoms with E-state index in [1.54, 1.807) is 6.07 Å². The fourth-order valence-corrected chi connectivity index (χ4v) is 2.25. The Morgan fingerprint density at radius 1 is 1.35 bits per heavy atom. The zero-order valence-electron chi connectivity index (χ0n) is 13.5. The van der Waals surface area contributed by atoms with Gasteiger partial charge in [0.1, 0.15) is 0 Å². The fraction of sp³-hybridized carbons (Fsp3) is 0.412. The van der Waals surface area contributed by atoms with E-state index >= 15 is 0 Å². The van der Waals surface area contributed by atoms with Gasteiger partial charge in [-0.05, 0) is 19.0 Å². The van der Waals surface area contributed by atoms with E-state index in [1.807, 2.05) is 32.2 Å². The Labute approximate surface area is 136 Å². The minimum atomic E-state index is -0.327. The van der Waals surface area contributed by atoms with Crippen molar-refractivity contribution in [2.75, 3.05) is 13.7 Å². The van der Waals surface area contributed by atoms with Gasteiger partial charge in [-0.2, -0.15) is 0 Å². The van der Waals surface area contributed by atoms with Gasteiger partial charge in [-0.25, -0.2) is 0 Å². The van der Waals surface area contributed by atoms with E-state index in [0.29, 0.717) is 18.7 Å². The third kappa shape index (κ3) is 5.19. The summed E-state index contributed by atoms with van der Waals surface area (Å²) >= 11 is 0. The van der Waals surface area contributed by atoms with E-state index in [-0.39, 0.29) is 24.2 Å². The molecule has 0 fully saturated rings. The zero-order valence-corrected chi connectivity index (χ0v) is 13.5. The maximum atomic E-state index is 12.0. The molecule has 6 heteroatoms. The average Bonchev–Trinajstić information content (AvgIpc) is 3.01. The molecule has 0 bridgehead atoms. The third-order valence-corrected chi connectivity index (χ3v) is 3.56. The second-order valence-electron chi connectivity index (χ2n) is 5.60. The molecule has 124 valence electrons. The largest absolute Gasteiger partial charge is 0.394 e. The minimum Gasteiger partial charge on any atom is -0.394 e. The Morgan fingerprint density at radius 2 is 2.09 bits per heavy atom. The first-order valence-electron chi connectivity index (χ1n) is 7.72. The van der Waals surface area contributed by atoms with Gasteiger partial charge in [0, 0.05) is 12.6 Å². The van der Waals surface area contributed by atoms with Crippen LogP contribution >= 0.6 is 0 Å². The second-order valence-corrected chi connectivity index (χ2v) is 5.60. The van der Waals surface area contributed by atoms with E-state index in [2.05, 4.69) is 27.5 Å². The predicted octanol–water partition coefficient (Wildman–Crippen LogP) is 1.81.